The summed E-state index contributed by atoms with van der Waals surface area (Å²) in [6.07, 6.45) is 3.27. The van der Waals surface area contributed by atoms with Crippen LogP contribution in [0.5, 0.6) is 0 Å². The number of nitrogens with one attached hydrogen (secondary N) is 1. The lowest BCUT2D eigenvalue weighted by Gasteiger charge is -2.34. The van der Waals surface area contributed by atoms with Gasteiger partial charge < -0.3 is 15.2 Å². The zero-order chi connectivity index (χ0) is 27.2. The number of allylic oxidation sites excluding steroid dienone is 3. The molecule has 10 heteroatoms. The Kier molecular flexibility index (Phi) is 14.2. The number of aliphatic carboxylic acids is 1. The van der Waals surface area contributed by atoms with Gasteiger partial charge in [-0.05, 0) is 39.0 Å². The summed E-state index contributed by atoms with van der Waals surface area (Å²) in [6, 6.07) is 7.81. The van der Waals surface area contributed by atoms with E-state index in [1.54, 1.807) is 14.0 Å². The topological polar surface area (TPSA) is 137 Å². The Morgan fingerprint density at radius 3 is 2.11 bits per heavy atom. The Balaban J connectivity index is 0.000000646. The average Bonchev–Trinajstić information content (AvgIpc) is 2.85. The van der Waals surface area contributed by atoms with E-state index in [-0.39, 0.29) is 28.4 Å². The van der Waals surface area contributed by atoms with Gasteiger partial charge in [0.05, 0.1) is 28.7 Å². The zero-order valence-electron chi connectivity index (χ0n) is 21.1. The van der Waals surface area contributed by atoms with Crippen molar-refractivity contribution >= 4 is 22.3 Å². The van der Waals surface area contributed by atoms with Crippen LogP contribution in [0.4, 0.5) is 0 Å². The molecule has 0 spiro atoms. The van der Waals surface area contributed by atoms with Crippen LogP contribution in [-0.2, 0) is 19.6 Å². The highest BCUT2D eigenvalue weighted by atomic mass is 32.2. The zero-order valence-corrected chi connectivity index (χ0v) is 21.9. The van der Waals surface area contributed by atoms with Crippen LogP contribution < -0.4 is 5.32 Å². The van der Waals surface area contributed by atoms with E-state index in [2.05, 4.69) is 11.9 Å². The van der Waals surface area contributed by atoms with Gasteiger partial charge in [0.2, 0.25) is 10.0 Å². The molecule has 0 bridgehead atoms. The fourth-order valence-corrected chi connectivity index (χ4v) is 4.53. The number of nitriles is 1. The fraction of sp³-hybridized carbons (Fsp3) is 0.400. The quantitative estimate of drug-likeness (QED) is 0.249. The standard InChI is InChI=1S/C13H17NO4S.C10H12N2O2.C2H6/c1-10-7-14(8-11(2)18-10)19(16,17)13-5-3-12(9-15)4-6-13;1-4-8(6-11)5-9(10(13)14)7(2)12-3;1-2/h3-6,9-11H,7-8H2,1-2H3;4-5,12H,2H2,1,3H3,(H,13,14);1-2H3/b;8-4+,9-5+;. The summed E-state index contributed by atoms with van der Waals surface area (Å²) in [5.74, 6) is -1.11. The lowest BCUT2D eigenvalue weighted by Crippen LogP contribution is -2.48. The maximum absolute atomic E-state index is 12.5. The molecule has 0 amide bonds. The first-order valence-electron chi connectivity index (χ1n) is 11.1. The van der Waals surface area contributed by atoms with Crippen molar-refractivity contribution in [2.45, 2.75) is 51.7 Å². The van der Waals surface area contributed by atoms with Crippen molar-refractivity contribution in [2.24, 2.45) is 0 Å². The van der Waals surface area contributed by atoms with Crippen molar-refractivity contribution < 1.29 is 27.9 Å². The number of hydrogen-bond acceptors (Lipinski definition) is 7. The number of aldehydes is 1. The number of carbonyl (C=O) groups excluding carboxylic acids is 1. The van der Waals surface area contributed by atoms with Gasteiger partial charge in [-0.15, -0.1) is 0 Å². The Bertz CT molecular complexity index is 1060. The van der Waals surface area contributed by atoms with E-state index in [0.717, 1.165) is 0 Å². The molecule has 1 heterocycles. The van der Waals surface area contributed by atoms with E-state index in [4.69, 9.17) is 15.1 Å². The van der Waals surface area contributed by atoms with Gasteiger partial charge in [-0.25, -0.2) is 13.2 Å². The molecule has 35 heavy (non-hydrogen) atoms. The van der Waals surface area contributed by atoms with Crippen LogP contribution in [0.3, 0.4) is 0 Å². The third-order valence-corrected chi connectivity index (χ3v) is 6.48. The van der Waals surface area contributed by atoms with Gasteiger partial charge in [0.15, 0.2) is 0 Å². The molecule has 2 atom stereocenters. The minimum atomic E-state index is -3.52. The smallest absolute Gasteiger partial charge is 0.337 e. The molecule has 1 aromatic rings. The number of sulfonamides is 1. The van der Waals surface area contributed by atoms with Crippen LogP contribution in [0.1, 0.15) is 45.0 Å². The molecule has 1 aromatic carbocycles. The van der Waals surface area contributed by atoms with Crippen molar-refractivity contribution in [3.63, 3.8) is 0 Å². The second-order valence-corrected chi connectivity index (χ2v) is 9.15. The number of benzene rings is 1. The first-order chi connectivity index (χ1) is 16.5. The third kappa shape index (κ3) is 9.86. The Hall–Kier alpha value is -3.26. The van der Waals surface area contributed by atoms with Crippen LogP contribution in [0, 0.1) is 11.3 Å². The minimum Gasteiger partial charge on any atom is -0.478 e. The average molecular weight is 506 g/mol. The predicted molar refractivity (Wildman–Crippen MR) is 135 cm³/mol. The van der Waals surface area contributed by atoms with Gasteiger partial charge in [0.25, 0.3) is 0 Å². The predicted octanol–water partition coefficient (Wildman–Crippen LogP) is 3.52. The monoisotopic (exact) mass is 505 g/mol. The van der Waals surface area contributed by atoms with Crippen LogP contribution in [0.15, 0.2) is 64.7 Å². The number of rotatable bonds is 7. The lowest BCUT2D eigenvalue weighted by molar-refractivity contribution is -0.132. The molecule has 1 aliphatic heterocycles. The van der Waals surface area contributed by atoms with Crippen molar-refractivity contribution in [2.75, 3.05) is 20.1 Å². The number of likely N-dealkylation sites (N-methyl/N-ethyl adjacent to an activating group) is 1. The molecular weight excluding hydrogens is 470 g/mol. The summed E-state index contributed by atoms with van der Waals surface area (Å²) in [4.78, 5) is 21.5. The van der Waals surface area contributed by atoms with Gasteiger partial charge in [0.1, 0.15) is 6.29 Å². The normalized spacial score (nSPS) is 18.5. The SMILES string of the molecule is C=C(NC)/C(=C\C(C#N)=C/C)C(=O)O.CC.CC1CN(S(=O)(=O)c2ccc(C=O)cc2)CC(C)O1. The Labute approximate surface area is 208 Å². The van der Waals surface area contributed by atoms with Crippen LogP contribution in [0.2, 0.25) is 0 Å². The summed E-state index contributed by atoms with van der Waals surface area (Å²) in [7, 11) is -1.95. The van der Waals surface area contributed by atoms with E-state index in [1.807, 2.05) is 33.8 Å². The molecule has 2 unspecified atom stereocenters. The molecule has 192 valence electrons. The number of nitrogens with zero attached hydrogens (tertiary/aromatic N) is 2. The number of hydrogen-bond donors (Lipinski definition) is 2. The number of carboxylic acid groups (broad SMARTS) is 1. The molecule has 1 aliphatic rings. The highest BCUT2D eigenvalue weighted by molar-refractivity contribution is 7.89. The van der Waals surface area contributed by atoms with Gasteiger partial charge >= 0.3 is 5.97 Å². The molecule has 1 saturated heterocycles. The summed E-state index contributed by atoms with van der Waals surface area (Å²) in [5.41, 5.74) is 1.01. The second-order valence-electron chi connectivity index (χ2n) is 7.21. The molecule has 0 aromatic heterocycles. The van der Waals surface area contributed by atoms with Crippen LogP contribution in [-0.4, -0.2) is 62.4 Å². The maximum atomic E-state index is 12.5. The van der Waals surface area contributed by atoms with Gasteiger partial charge in [-0.1, -0.05) is 38.6 Å². The molecule has 2 N–H and O–H groups in total. The maximum Gasteiger partial charge on any atom is 0.337 e. The minimum absolute atomic E-state index is 0.0119. The first-order valence-corrected chi connectivity index (χ1v) is 12.5. The second kappa shape index (κ2) is 15.6. The third-order valence-electron chi connectivity index (χ3n) is 4.64. The Morgan fingerprint density at radius 2 is 1.74 bits per heavy atom. The van der Waals surface area contributed by atoms with E-state index in [1.165, 1.54) is 40.7 Å². The number of morpholine rings is 1. The molecule has 0 aliphatic carbocycles. The number of ether oxygens (including phenoxy) is 1. The highest BCUT2D eigenvalue weighted by Gasteiger charge is 2.32. The molecular formula is C25H35N3O6S. The molecule has 2 rings (SSSR count). The van der Waals surface area contributed by atoms with Crippen molar-refractivity contribution in [3.05, 3.63) is 65.4 Å². The van der Waals surface area contributed by atoms with Crippen LogP contribution >= 0.6 is 0 Å². The number of carbonyl (C=O) groups is 2. The summed E-state index contributed by atoms with van der Waals surface area (Å²) in [6.45, 7) is 13.6. The number of carboxylic acids is 1. The highest BCUT2D eigenvalue weighted by Crippen LogP contribution is 2.21. The fourth-order valence-electron chi connectivity index (χ4n) is 2.94. The largest absolute Gasteiger partial charge is 0.478 e. The molecule has 0 radical (unpaired) electrons. The van der Waals surface area contributed by atoms with Gasteiger partial charge in [-0.3, -0.25) is 4.79 Å². The lowest BCUT2D eigenvalue weighted by atomic mass is 10.1. The van der Waals surface area contributed by atoms with Gasteiger partial charge in [0, 0.05) is 37.0 Å². The van der Waals surface area contributed by atoms with Crippen molar-refractivity contribution in [3.8, 4) is 6.07 Å². The summed E-state index contributed by atoms with van der Waals surface area (Å²) in [5, 5.41) is 20.0. The van der Waals surface area contributed by atoms with Gasteiger partial charge in [-0.2, -0.15) is 9.57 Å². The molecule has 9 nitrogen and oxygen atoms in total. The van der Waals surface area contributed by atoms with E-state index < -0.39 is 16.0 Å². The Morgan fingerprint density at radius 1 is 1.23 bits per heavy atom. The van der Waals surface area contributed by atoms with Crippen molar-refractivity contribution in [1.82, 2.24) is 9.62 Å². The molecule has 1 fully saturated rings. The van der Waals surface area contributed by atoms with Crippen LogP contribution in [0.25, 0.3) is 0 Å². The van der Waals surface area contributed by atoms with Crippen molar-refractivity contribution in [1.29, 1.82) is 5.26 Å². The van der Waals surface area contributed by atoms with E-state index in [0.29, 0.717) is 30.5 Å². The first kappa shape index (κ1) is 31.7. The van der Waals surface area contributed by atoms with E-state index >= 15 is 0 Å². The summed E-state index contributed by atoms with van der Waals surface area (Å²) >= 11 is 0. The van der Waals surface area contributed by atoms with E-state index in [9.17, 15) is 18.0 Å². The summed E-state index contributed by atoms with van der Waals surface area (Å²) < 4.78 is 31.9. The molecule has 0 saturated carbocycles.